The van der Waals surface area contributed by atoms with E-state index in [1.807, 2.05) is 0 Å². The van der Waals surface area contributed by atoms with Gasteiger partial charge in [-0.3, -0.25) is 9.59 Å². The van der Waals surface area contributed by atoms with E-state index in [0.717, 1.165) is 0 Å². The molecule has 0 unspecified atom stereocenters. The lowest BCUT2D eigenvalue weighted by molar-refractivity contribution is -0.322. The van der Waals surface area contributed by atoms with Crippen LogP contribution < -0.4 is 0 Å². The first-order chi connectivity index (χ1) is 7.87. The molecule has 0 aliphatic heterocycles. The molecule has 0 aliphatic rings. The number of esters is 1. The molecular formula is C10H18O7. The van der Waals surface area contributed by atoms with Crippen molar-refractivity contribution in [2.75, 3.05) is 6.61 Å². The third-order valence-corrected chi connectivity index (χ3v) is 1.96. The number of hydrogen-bond acceptors (Lipinski definition) is 6. The fourth-order valence-corrected chi connectivity index (χ4v) is 1.14. The predicted molar refractivity (Wildman–Crippen MR) is 55.7 cm³/mol. The molecular weight excluding hydrogens is 232 g/mol. The normalized spacial score (nSPS) is 11.2. The fourth-order valence-electron chi connectivity index (χ4n) is 1.14. The van der Waals surface area contributed by atoms with E-state index in [1.54, 1.807) is 0 Å². The highest BCUT2D eigenvalue weighted by Gasteiger charge is 2.27. The Kier molecular flexibility index (Phi) is 7.44. The van der Waals surface area contributed by atoms with Crippen LogP contribution in [0.3, 0.4) is 0 Å². The number of carboxylic acid groups (broad SMARTS) is 1. The minimum atomic E-state index is -2.56. The van der Waals surface area contributed by atoms with Crippen molar-refractivity contribution < 1.29 is 34.8 Å². The topological polar surface area (TPSA) is 124 Å². The Hall–Kier alpha value is -1.18. The van der Waals surface area contributed by atoms with Crippen LogP contribution in [0.4, 0.5) is 0 Å². The average molecular weight is 250 g/mol. The third kappa shape index (κ3) is 9.73. The smallest absolute Gasteiger partial charge is 0.324 e. The molecule has 0 rings (SSSR count). The van der Waals surface area contributed by atoms with Gasteiger partial charge in [-0.15, -0.1) is 0 Å². The van der Waals surface area contributed by atoms with Gasteiger partial charge < -0.3 is 25.2 Å². The summed E-state index contributed by atoms with van der Waals surface area (Å²) in [5.41, 5.74) is 0. The number of aliphatic hydroxyl groups excluding tert-OH is 1. The fraction of sp³-hybridized carbons (Fsp3) is 0.800. The van der Waals surface area contributed by atoms with Gasteiger partial charge in [0.1, 0.15) is 0 Å². The Bertz CT molecular complexity index is 249. The van der Waals surface area contributed by atoms with Gasteiger partial charge in [0.2, 0.25) is 0 Å². The maximum atomic E-state index is 11.1. The molecule has 0 bridgehead atoms. The molecule has 0 aromatic heterocycles. The van der Waals surface area contributed by atoms with E-state index < -0.39 is 17.9 Å². The maximum absolute atomic E-state index is 11.1. The quantitative estimate of drug-likeness (QED) is 0.249. The van der Waals surface area contributed by atoms with Crippen LogP contribution in [0.25, 0.3) is 0 Å². The molecule has 0 amide bonds. The van der Waals surface area contributed by atoms with Crippen LogP contribution in [-0.4, -0.2) is 44.9 Å². The van der Waals surface area contributed by atoms with Crippen molar-refractivity contribution in [1.29, 1.82) is 0 Å². The average Bonchev–Trinajstić information content (AvgIpc) is 2.21. The zero-order valence-corrected chi connectivity index (χ0v) is 9.46. The van der Waals surface area contributed by atoms with E-state index >= 15 is 0 Å². The molecule has 0 aliphatic carbocycles. The van der Waals surface area contributed by atoms with Crippen LogP contribution in [0.5, 0.6) is 0 Å². The summed E-state index contributed by atoms with van der Waals surface area (Å²) in [4.78, 5) is 21.3. The van der Waals surface area contributed by atoms with Crippen LogP contribution in [-0.2, 0) is 14.3 Å². The van der Waals surface area contributed by atoms with Crippen LogP contribution in [0.2, 0.25) is 0 Å². The minimum absolute atomic E-state index is 0.0405. The highest BCUT2D eigenvalue weighted by atomic mass is 16.8. The molecule has 0 saturated heterocycles. The first-order valence-electron chi connectivity index (χ1n) is 5.36. The van der Waals surface area contributed by atoms with E-state index in [1.165, 1.54) is 0 Å². The number of unbranched alkanes of at least 4 members (excludes halogenated alkanes) is 1. The van der Waals surface area contributed by atoms with Gasteiger partial charge in [0.15, 0.2) is 0 Å². The van der Waals surface area contributed by atoms with Gasteiger partial charge in [-0.25, -0.2) is 0 Å². The number of ether oxygens (including phenoxy) is 1. The molecule has 0 aromatic carbocycles. The summed E-state index contributed by atoms with van der Waals surface area (Å²) >= 11 is 0. The highest BCUT2D eigenvalue weighted by molar-refractivity contribution is 5.70. The van der Waals surface area contributed by atoms with Crippen LogP contribution in [0.15, 0.2) is 0 Å². The van der Waals surface area contributed by atoms with E-state index in [2.05, 4.69) is 4.74 Å². The van der Waals surface area contributed by atoms with Gasteiger partial charge >= 0.3 is 17.9 Å². The Labute approximate surface area is 98.6 Å². The molecule has 17 heavy (non-hydrogen) atoms. The number of carbonyl (C=O) groups is 2. The van der Waals surface area contributed by atoms with Crippen LogP contribution in [0, 0.1) is 0 Å². The van der Waals surface area contributed by atoms with Crippen LogP contribution in [0.1, 0.15) is 38.5 Å². The maximum Gasteiger partial charge on any atom is 0.324 e. The Balaban J connectivity index is 3.73. The first-order valence-corrected chi connectivity index (χ1v) is 5.36. The second-order valence-corrected chi connectivity index (χ2v) is 3.65. The molecule has 7 nitrogen and oxygen atoms in total. The molecule has 7 heteroatoms. The number of aliphatic carboxylic acids is 1. The zero-order chi connectivity index (χ0) is 13.3. The summed E-state index contributed by atoms with van der Waals surface area (Å²) in [6.45, 7) is -0.237. The number of hydrogen-bond donors (Lipinski definition) is 4. The van der Waals surface area contributed by atoms with Crippen molar-refractivity contribution in [2.24, 2.45) is 0 Å². The van der Waals surface area contributed by atoms with Gasteiger partial charge in [0, 0.05) is 25.9 Å². The lowest BCUT2D eigenvalue weighted by atomic mass is 10.2. The number of aliphatic hydroxyl groups is 3. The van der Waals surface area contributed by atoms with Crippen LogP contribution >= 0.6 is 0 Å². The lowest BCUT2D eigenvalue weighted by Crippen LogP contribution is -2.34. The summed E-state index contributed by atoms with van der Waals surface area (Å²) in [7, 11) is 0. The van der Waals surface area contributed by atoms with Crippen molar-refractivity contribution in [3.63, 3.8) is 0 Å². The third-order valence-electron chi connectivity index (χ3n) is 1.96. The number of carbonyl (C=O) groups excluding carboxylic acids is 1. The van der Waals surface area contributed by atoms with Crippen molar-refractivity contribution in [3.8, 4) is 0 Å². The SMILES string of the molecule is O=C(O)CCCCC(=O)OC(O)(O)CCCO. The Morgan fingerprint density at radius 1 is 1.06 bits per heavy atom. The van der Waals surface area contributed by atoms with E-state index in [-0.39, 0.29) is 32.3 Å². The molecule has 0 atom stereocenters. The second-order valence-electron chi connectivity index (χ2n) is 3.65. The summed E-state index contributed by atoms with van der Waals surface area (Å²) in [5.74, 6) is -4.31. The van der Waals surface area contributed by atoms with Crippen molar-refractivity contribution in [3.05, 3.63) is 0 Å². The first kappa shape index (κ1) is 15.8. The molecule has 0 saturated carbocycles. The predicted octanol–water partition coefficient (Wildman–Crippen LogP) is -0.415. The second kappa shape index (κ2) is 7.99. The lowest BCUT2D eigenvalue weighted by Gasteiger charge is -2.20. The summed E-state index contributed by atoms with van der Waals surface area (Å²) in [6.07, 6.45) is 0.340. The summed E-state index contributed by atoms with van der Waals surface area (Å²) in [6, 6.07) is 0. The van der Waals surface area contributed by atoms with E-state index in [4.69, 9.17) is 20.4 Å². The van der Waals surface area contributed by atoms with Gasteiger partial charge in [0.25, 0.3) is 0 Å². The van der Waals surface area contributed by atoms with Crippen molar-refractivity contribution in [2.45, 2.75) is 44.5 Å². The molecule has 0 spiro atoms. The van der Waals surface area contributed by atoms with Gasteiger partial charge in [-0.2, -0.15) is 0 Å². The minimum Gasteiger partial charge on any atom is -0.481 e. The summed E-state index contributed by atoms with van der Waals surface area (Å²) < 4.78 is 4.36. The molecule has 0 radical (unpaired) electrons. The van der Waals surface area contributed by atoms with Crippen molar-refractivity contribution >= 4 is 11.9 Å². The largest absolute Gasteiger partial charge is 0.481 e. The van der Waals surface area contributed by atoms with Crippen molar-refractivity contribution in [1.82, 2.24) is 0 Å². The van der Waals surface area contributed by atoms with E-state index in [0.29, 0.717) is 12.8 Å². The standard InChI is InChI=1S/C10H18O7/c11-7-3-6-10(15,16)17-9(14)5-2-1-4-8(12)13/h11,15-16H,1-7H2,(H,12,13). The molecule has 100 valence electrons. The number of rotatable bonds is 9. The zero-order valence-electron chi connectivity index (χ0n) is 9.46. The van der Waals surface area contributed by atoms with E-state index in [9.17, 15) is 9.59 Å². The van der Waals surface area contributed by atoms with Gasteiger partial charge in [-0.1, -0.05) is 0 Å². The molecule has 0 fully saturated rings. The summed E-state index contributed by atoms with van der Waals surface area (Å²) in [5, 5.41) is 35.1. The molecule has 0 aromatic rings. The highest BCUT2D eigenvalue weighted by Crippen LogP contribution is 2.13. The number of carboxylic acids is 1. The molecule has 4 N–H and O–H groups in total. The molecule has 0 heterocycles. The van der Waals surface area contributed by atoms with Gasteiger partial charge in [0.05, 0.1) is 0 Å². The Morgan fingerprint density at radius 2 is 1.65 bits per heavy atom. The van der Waals surface area contributed by atoms with Gasteiger partial charge in [-0.05, 0) is 19.3 Å². The monoisotopic (exact) mass is 250 g/mol. The Morgan fingerprint density at radius 3 is 2.18 bits per heavy atom.